The normalized spacial score (nSPS) is 27.2. The van der Waals surface area contributed by atoms with Gasteiger partial charge < -0.3 is 31.1 Å². The predicted molar refractivity (Wildman–Crippen MR) is 85.5 cm³/mol. The van der Waals surface area contributed by atoms with Crippen molar-refractivity contribution in [2.75, 3.05) is 5.73 Å². The molecule has 0 unspecified atom stereocenters. The maximum atomic E-state index is 11.5. The highest BCUT2D eigenvalue weighted by atomic mass is 16.5. The molecular weight excluding hydrogens is 348 g/mol. The third-order valence-electron chi connectivity index (χ3n) is 4.08. The second-order valence-electron chi connectivity index (χ2n) is 5.96. The molecule has 0 spiro atoms. The van der Waals surface area contributed by atoms with Crippen molar-refractivity contribution in [3.63, 3.8) is 0 Å². The molecule has 140 valence electrons. The van der Waals surface area contributed by atoms with Crippen molar-refractivity contribution in [2.24, 2.45) is 0 Å². The fraction of sp³-hybridized carbons (Fsp3) is 0.500. The van der Waals surface area contributed by atoms with Gasteiger partial charge in [0.25, 0.3) is 0 Å². The third kappa shape index (κ3) is 3.29. The number of imidazole rings is 1. The van der Waals surface area contributed by atoms with Crippen LogP contribution in [-0.4, -0.2) is 71.1 Å². The number of amides is 1. The van der Waals surface area contributed by atoms with E-state index in [-0.39, 0.29) is 18.0 Å². The quantitative estimate of drug-likeness (QED) is 0.405. The molecular formula is C14H18N6O6. The summed E-state index contributed by atoms with van der Waals surface area (Å²) >= 11 is 0. The number of carbonyl (C=O) groups excluding carboxylic acids is 1. The van der Waals surface area contributed by atoms with Gasteiger partial charge in [0.15, 0.2) is 17.9 Å². The van der Waals surface area contributed by atoms with Crippen LogP contribution < -0.4 is 11.1 Å². The molecule has 0 aliphatic carbocycles. The first-order chi connectivity index (χ1) is 12.3. The Balaban J connectivity index is 1.96. The predicted octanol–water partition coefficient (Wildman–Crippen LogP) is -1.99. The van der Waals surface area contributed by atoms with Gasteiger partial charge in [0, 0.05) is 13.3 Å². The molecule has 12 heteroatoms. The van der Waals surface area contributed by atoms with Crippen LogP contribution in [0.25, 0.3) is 11.2 Å². The van der Waals surface area contributed by atoms with Gasteiger partial charge in [-0.3, -0.25) is 9.36 Å². The van der Waals surface area contributed by atoms with Crippen molar-refractivity contribution in [2.45, 2.75) is 43.9 Å². The molecule has 1 saturated heterocycles. The monoisotopic (exact) mass is 366 g/mol. The molecule has 26 heavy (non-hydrogen) atoms. The number of aliphatic hydroxyl groups is 2. The van der Waals surface area contributed by atoms with Gasteiger partial charge in [-0.1, -0.05) is 0 Å². The lowest BCUT2D eigenvalue weighted by Gasteiger charge is -2.39. The largest absolute Gasteiger partial charge is 0.480 e. The van der Waals surface area contributed by atoms with Gasteiger partial charge in [-0.2, -0.15) is 4.98 Å². The molecule has 0 radical (unpaired) electrons. The van der Waals surface area contributed by atoms with Crippen molar-refractivity contribution in [1.82, 2.24) is 24.8 Å². The Labute approximate surface area is 146 Å². The smallest absolute Gasteiger partial charge is 0.328 e. The summed E-state index contributed by atoms with van der Waals surface area (Å²) in [6.45, 7) is 1.17. The van der Waals surface area contributed by atoms with Crippen LogP contribution in [0.3, 0.4) is 0 Å². The minimum Gasteiger partial charge on any atom is -0.480 e. The molecule has 5 atom stereocenters. The lowest BCUT2D eigenvalue weighted by molar-refractivity contribution is -0.206. The zero-order valence-electron chi connectivity index (χ0n) is 13.7. The number of hydrogen-bond acceptors (Lipinski definition) is 9. The number of aromatic nitrogens is 4. The van der Waals surface area contributed by atoms with Crippen LogP contribution in [0.5, 0.6) is 0 Å². The summed E-state index contributed by atoms with van der Waals surface area (Å²) < 4.78 is 7.04. The van der Waals surface area contributed by atoms with Crippen molar-refractivity contribution >= 4 is 29.0 Å². The molecule has 3 heterocycles. The first-order valence-electron chi connectivity index (χ1n) is 7.74. The molecule has 0 aromatic carbocycles. The molecule has 0 saturated carbocycles. The van der Waals surface area contributed by atoms with E-state index in [1.54, 1.807) is 0 Å². The number of anilines is 1. The molecule has 1 aliphatic rings. The van der Waals surface area contributed by atoms with E-state index < -0.39 is 42.5 Å². The minimum absolute atomic E-state index is 0.0247. The van der Waals surface area contributed by atoms with E-state index in [4.69, 9.17) is 10.5 Å². The Kier molecular flexibility index (Phi) is 4.71. The Morgan fingerprint density at radius 3 is 2.81 bits per heavy atom. The number of aliphatic carboxylic acids is 1. The topological polar surface area (TPSA) is 186 Å². The van der Waals surface area contributed by atoms with E-state index in [2.05, 4.69) is 20.3 Å². The average molecular weight is 366 g/mol. The Morgan fingerprint density at radius 2 is 2.15 bits per heavy atom. The van der Waals surface area contributed by atoms with Gasteiger partial charge in [0.2, 0.25) is 11.9 Å². The molecule has 0 bridgehead atoms. The van der Waals surface area contributed by atoms with E-state index in [0.717, 1.165) is 0 Å². The van der Waals surface area contributed by atoms with E-state index in [9.17, 15) is 24.9 Å². The number of nitrogen functional groups attached to an aromatic ring is 1. The number of nitrogens with one attached hydrogen (secondary N) is 1. The summed E-state index contributed by atoms with van der Waals surface area (Å²) in [4.78, 5) is 34.7. The molecule has 6 N–H and O–H groups in total. The maximum absolute atomic E-state index is 11.5. The molecule has 2 aromatic rings. The summed E-state index contributed by atoms with van der Waals surface area (Å²) in [5.74, 6) is -1.91. The highest BCUT2D eigenvalue weighted by Gasteiger charge is 2.43. The number of ether oxygens (including phenoxy) is 1. The highest BCUT2D eigenvalue weighted by Crippen LogP contribution is 2.31. The van der Waals surface area contributed by atoms with Crippen molar-refractivity contribution in [1.29, 1.82) is 0 Å². The zero-order valence-corrected chi connectivity index (χ0v) is 13.7. The number of aliphatic hydroxyl groups excluding tert-OH is 2. The van der Waals surface area contributed by atoms with Crippen molar-refractivity contribution in [3.8, 4) is 0 Å². The summed E-state index contributed by atoms with van der Waals surface area (Å²) in [5.41, 5.74) is 6.20. The van der Waals surface area contributed by atoms with Crippen LogP contribution in [0.2, 0.25) is 0 Å². The van der Waals surface area contributed by atoms with E-state index in [0.29, 0.717) is 5.52 Å². The number of rotatable bonds is 4. The number of carbonyl (C=O) groups is 2. The van der Waals surface area contributed by atoms with Crippen LogP contribution in [0.4, 0.5) is 5.95 Å². The number of fused-ring (bicyclic) bond motifs is 1. The summed E-state index contributed by atoms with van der Waals surface area (Å²) in [6.07, 6.45) is -2.41. The zero-order chi connectivity index (χ0) is 19.0. The van der Waals surface area contributed by atoms with Gasteiger partial charge in [-0.15, -0.1) is 0 Å². The van der Waals surface area contributed by atoms with Gasteiger partial charge in [0.05, 0.1) is 24.7 Å². The third-order valence-corrected chi connectivity index (χ3v) is 4.08. The van der Waals surface area contributed by atoms with Crippen LogP contribution in [-0.2, 0) is 14.3 Å². The first kappa shape index (κ1) is 18.0. The summed E-state index contributed by atoms with van der Waals surface area (Å²) in [7, 11) is 0. The lowest BCUT2D eigenvalue weighted by atomic mass is 9.96. The Bertz CT molecular complexity index is 840. The second-order valence-corrected chi connectivity index (χ2v) is 5.96. The Hall–Kier alpha value is -2.83. The number of hydrogen-bond donors (Lipinski definition) is 5. The van der Waals surface area contributed by atoms with E-state index >= 15 is 0 Å². The fourth-order valence-electron chi connectivity index (χ4n) is 2.89. The summed E-state index contributed by atoms with van der Waals surface area (Å²) in [5, 5.41) is 32.1. The molecule has 1 amide bonds. The Morgan fingerprint density at radius 1 is 1.42 bits per heavy atom. The van der Waals surface area contributed by atoms with Crippen LogP contribution in [0, 0.1) is 0 Å². The van der Waals surface area contributed by atoms with Crippen molar-refractivity contribution in [3.05, 3.63) is 12.5 Å². The van der Waals surface area contributed by atoms with Gasteiger partial charge in [-0.25, -0.2) is 14.8 Å². The number of carboxylic acids is 1. The molecule has 1 fully saturated rings. The maximum Gasteiger partial charge on any atom is 0.328 e. The molecule has 3 rings (SSSR count). The first-order valence-corrected chi connectivity index (χ1v) is 7.74. The van der Waals surface area contributed by atoms with Gasteiger partial charge in [-0.05, 0) is 0 Å². The van der Waals surface area contributed by atoms with E-state index in [1.807, 2.05) is 0 Å². The van der Waals surface area contributed by atoms with Crippen LogP contribution in [0.15, 0.2) is 12.5 Å². The average Bonchev–Trinajstić information content (AvgIpc) is 2.97. The van der Waals surface area contributed by atoms with Crippen LogP contribution >= 0.6 is 0 Å². The molecule has 1 aliphatic heterocycles. The van der Waals surface area contributed by atoms with Gasteiger partial charge in [0.1, 0.15) is 11.6 Å². The number of carboxylic acid groups (broad SMARTS) is 1. The lowest BCUT2D eigenvalue weighted by Crippen LogP contribution is -2.56. The standard InChI is InChI=1S/C14H18N6O6/c1-5(21)18-9(13(24)25)8-2-7(22)10(23)12(26-8)20-4-17-6-3-16-14(15)19-11(6)20/h3-4,7-10,12,22-23H,2H2,1H3,(H,18,21)(H,24,25)(H2,15,16,19)/t7-,8-,9-,10+,12+/m0/s1. The van der Waals surface area contributed by atoms with Crippen molar-refractivity contribution < 1.29 is 29.6 Å². The highest BCUT2D eigenvalue weighted by molar-refractivity contribution is 5.82. The van der Waals surface area contributed by atoms with E-state index in [1.165, 1.54) is 24.0 Å². The number of nitrogens with zero attached hydrogens (tertiary/aromatic N) is 4. The summed E-state index contributed by atoms with van der Waals surface area (Å²) in [6, 6.07) is -1.40. The molecule has 12 nitrogen and oxygen atoms in total. The SMILES string of the molecule is CC(=O)N[C@H](C(=O)O)[C@@H]1C[C@H](O)[C@@H](O)[C@H](n2cnc3cnc(N)nc32)O1. The number of nitrogens with two attached hydrogens (primary N) is 1. The molecule has 2 aromatic heterocycles. The second kappa shape index (κ2) is 6.82. The van der Waals surface area contributed by atoms with Gasteiger partial charge >= 0.3 is 5.97 Å². The minimum atomic E-state index is -1.40. The fourth-order valence-corrected chi connectivity index (χ4v) is 2.89. The van der Waals surface area contributed by atoms with Crippen LogP contribution in [0.1, 0.15) is 19.6 Å².